The normalized spacial score (nSPS) is 15.9. The Balaban J connectivity index is 2.03. The summed E-state index contributed by atoms with van der Waals surface area (Å²) < 4.78 is 0. The Bertz CT molecular complexity index is 419. The van der Waals surface area contributed by atoms with Crippen molar-refractivity contribution in [1.29, 1.82) is 0 Å². The molecule has 0 atom stereocenters. The van der Waals surface area contributed by atoms with E-state index in [2.05, 4.69) is 10.2 Å². The summed E-state index contributed by atoms with van der Waals surface area (Å²) in [6.07, 6.45) is 0. The van der Waals surface area contributed by atoms with Crippen LogP contribution in [0.25, 0.3) is 4.85 Å². The van der Waals surface area contributed by atoms with Gasteiger partial charge < -0.3 is 10.2 Å². The Hall–Kier alpha value is -1.86. The number of rotatable bonds is 2. The van der Waals surface area contributed by atoms with Crippen molar-refractivity contribution in [3.8, 4) is 0 Å². The predicted octanol–water partition coefficient (Wildman–Crippen LogP) is 1.17. The quantitative estimate of drug-likeness (QED) is 0.752. The first kappa shape index (κ1) is 10.7. The molecule has 16 heavy (non-hydrogen) atoms. The SMILES string of the molecule is [C-]#[N+]c1ccc(CN2CCNCC2=O)cc1. The first-order valence-electron chi connectivity index (χ1n) is 5.24. The molecular formula is C12H13N3O. The van der Waals surface area contributed by atoms with Crippen LogP contribution in [0.4, 0.5) is 5.69 Å². The van der Waals surface area contributed by atoms with Crippen LogP contribution in [0.15, 0.2) is 24.3 Å². The van der Waals surface area contributed by atoms with Gasteiger partial charge >= 0.3 is 0 Å². The van der Waals surface area contributed by atoms with E-state index in [0.29, 0.717) is 18.8 Å². The number of piperazine rings is 1. The van der Waals surface area contributed by atoms with E-state index in [1.54, 1.807) is 12.1 Å². The van der Waals surface area contributed by atoms with Crippen molar-refractivity contribution in [1.82, 2.24) is 10.2 Å². The lowest BCUT2D eigenvalue weighted by molar-refractivity contribution is -0.132. The molecule has 82 valence electrons. The van der Waals surface area contributed by atoms with E-state index in [9.17, 15) is 4.79 Å². The number of carbonyl (C=O) groups excluding carboxylic acids is 1. The highest BCUT2D eigenvalue weighted by Gasteiger charge is 2.17. The third-order valence-electron chi connectivity index (χ3n) is 2.63. The van der Waals surface area contributed by atoms with E-state index in [1.165, 1.54) is 0 Å². The number of amides is 1. The van der Waals surface area contributed by atoms with Gasteiger partial charge in [-0.25, -0.2) is 4.85 Å². The van der Waals surface area contributed by atoms with Gasteiger partial charge in [0.1, 0.15) is 0 Å². The van der Waals surface area contributed by atoms with Gasteiger partial charge in [0.25, 0.3) is 0 Å². The van der Waals surface area contributed by atoms with Crippen molar-refractivity contribution in [2.24, 2.45) is 0 Å². The minimum absolute atomic E-state index is 0.139. The zero-order valence-electron chi connectivity index (χ0n) is 8.94. The molecule has 1 N–H and O–H groups in total. The van der Waals surface area contributed by atoms with Crippen molar-refractivity contribution >= 4 is 11.6 Å². The maximum Gasteiger partial charge on any atom is 0.236 e. The predicted molar refractivity (Wildman–Crippen MR) is 61.0 cm³/mol. The molecule has 1 amide bonds. The molecule has 1 fully saturated rings. The van der Waals surface area contributed by atoms with Crippen molar-refractivity contribution < 1.29 is 4.79 Å². The molecule has 1 heterocycles. The molecular weight excluding hydrogens is 202 g/mol. The fourth-order valence-corrected chi connectivity index (χ4v) is 1.71. The van der Waals surface area contributed by atoms with E-state index in [1.807, 2.05) is 17.0 Å². The second-order valence-electron chi connectivity index (χ2n) is 3.77. The number of nitrogens with one attached hydrogen (secondary N) is 1. The van der Waals surface area contributed by atoms with Crippen LogP contribution in [-0.2, 0) is 11.3 Å². The summed E-state index contributed by atoms with van der Waals surface area (Å²) in [7, 11) is 0. The molecule has 0 bridgehead atoms. The number of carbonyl (C=O) groups is 1. The molecule has 0 aromatic heterocycles. The van der Waals surface area contributed by atoms with Crippen LogP contribution < -0.4 is 5.32 Å². The second kappa shape index (κ2) is 4.77. The highest BCUT2D eigenvalue weighted by atomic mass is 16.2. The van der Waals surface area contributed by atoms with Gasteiger partial charge in [-0.05, 0) is 5.56 Å². The maximum absolute atomic E-state index is 11.5. The van der Waals surface area contributed by atoms with E-state index < -0.39 is 0 Å². The van der Waals surface area contributed by atoms with Crippen LogP contribution in [0.1, 0.15) is 5.56 Å². The average molecular weight is 215 g/mol. The van der Waals surface area contributed by atoms with Crippen molar-refractivity contribution in [3.05, 3.63) is 41.2 Å². The fraction of sp³-hybridized carbons (Fsp3) is 0.333. The van der Waals surface area contributed by atoms with Crippen LogP contribution in [0.5, 0.6) is 0 Å². The van der Waals surface area contributed by atoms with E-state index in [-0.39, 0.29) is 5.91 Å². The summed E-state index contributed by atoms with van der Waals surface area (Å²) in [5.41, 5.74) is 1.71. The highest BCUT2D eigenvalue weighted by molar-refractivity contribution is 5.79. The lowest BCUT2D eigenvalue weighted by atomic mass is 10.2. The summed E-state index contributed by atoms with van der Waals surface area (Å²) in [4.78, 5) is 16.7. The Kier molecular flexibility index (Phi) is 3.18. The lowest BCUT2D eigenvalue weighted by Gasteiger charge is -2.27. The van der Waals surface area contributed by atoms with Gasteiger partial charge in [0, 0.05) is 19.6 Å². The molecule has 4 heteroatoms. The standard InChI is InChI=1S/C12H13N3O/c1-13-11-4-2-10(3-5-11)9-15-7-6-14-8-12(15)16/h2-5,14H,6-9H2. The Morgan fingerprint density at radius 3 is 2.75 bits per heavy atom. The van der Waals surface area contributed by atoms with Crippen molar-refractivity contribution in [2.45, 2.75) is 6.54 Å². The second-order valence-corrected chi connectivity index (χ2v) is 3.77. The Morgan fingerprint density at radius 1 is 1.38 bits per heavy atom. The van der Waals surface area contributed by atoms with Gasteiger partial charge in [-0.15, -0.1) is 0 Å². The van der Waals surface area contributed by atoms with Crippen molar-refractivity contribution in [3.63, 3.8) is 0 Å². The highest BCUT2D eigenvalue weighted by Crippen LogP contribution is 2.14. The molecule has 1 saturated heterocycles. The van der Waals surface area contributed by atoms with Crippen LogP contribution in [0, 0.1) is 6.57 Å². The molecule has 1 aromatic rings. The van der Waals surface area contributed by atoms with Crippen LogP contribution >= 0.6 is 0 Å². The average Bonchev–Trinajstić information content (AvgIpc) is 2.33. The minimum Gasteiger partial charge on any atom is -0.336 e. The summed E-state index contributed by atoms with van der Waals surface area (Å²) >= 11 is 0. The van der Waals surface area contributed by atoms with Gasteiger partial charge in [-0.1, -0.05) is 24.3 Å². The van der Waals surface area contributed by atoms with E-state index in [4.69, 9.17) is 6.57 Å². The third kappa shape index (κ3) is 2.38. The molecule has 0 aliphatic carbocycles. The van der Waals surface area contributed by atoms with Gasteiger partial charge in [0.15, 0.2) is 5.69 Å². The molecule has 1 aliphatic heterocycles. The van der Waals surface area contributed by atoms with Crippen LogP contribution in [0.2, 0.25) is 0 Å². The largest absolute Gasteiger partial charge is 0.336 e. The molecule has 0 saturated carbocycles. The smallest absolute Gasteiger partial charge is 0.236 e. The van der Waals surface area contributed by atoms with Crippen LogP contribution in [0.3, 0.4) is 0 Å². The van der Waals surface area contributed by atoms with Gasteiger partial charge in [0.05, 0.1) is 13.1 Å². The third-order valence-corrected chi connectivity index (χ3v) is 2.63. The summed E-state index contributed by atoms with van der Waals surface area (Å²) in [6.45, 7) is 9.53. The van der Waals surface area contributed by atoms with Crippen molar-refractivity contribution in [2.75, 3.05) is 19.6 Å². The zero-order chi connectivity index (χ0) is 11.4. The topological polar surface area (TPSA) is 36.7 Å². The molecule has 1 aromatic carbocycles. The first-order chi connectivity index (χ1) is 7.79. The first-order valence-corrected chi connectivity index (χ1v) is 5.24. The molecule has 0 unspecified atom stereocenters. The fourth-order valence-electron chi connectivity index (χ4n) is 1.71. The molecule has 1 aliphatic rings. The molecule has 0 radical (unpaired) electrons. The minimum atomic E-state index is 0.139. The Morgan fingerprint density at radius 2 is 2.12 bits per heavy atom. The van der Waals surface area contributed by atoms with Gasteiger partial charge in [0.2, 0.25) is 5.91 Å². The zero-order valence-corrected chi connectivity index (χ0v) is 8.94. The molecule has 4 nitrogen and oxygen atoms in total. The van der Waals surface area contributed by atoms with Crippen LogP contribution in [-0.4, -0.2) is 30.4 Å². The number of nitrogens with zero attached hydrogens (tertiary/aromatic N) is 2. The summed E-state index contributed by atoms with van der Waals surface area (Å²) in [6, 6.07) is 7.38. The number of hydrogen-bond donors (Lipinski definition) is 1. The monoisotopic (exact) mass is 215 g/mol. The number of benzene rings is 1. The Labute approximate surface area is 94.7 Å². The summed E-state index contributed by atoms with van der Waals surface area (Å²) in [5.74, 6) is 0.139. The van der Waals surface area contributed by atoms with Gasteiger partial charge in [-0.2, -0.15) is 0 Å². The molecule has 0 spiro atoms. The molecule has 2 rings (SSSR count). The maximum atomic E-state index is 11.5. The summed E-state index contributed by atoms with van der Waals surface area (Å²) in [5, 5.41) is 3.04. The lowest BCUT2D eigenvalue weighted by Crippen LogP contribution is -2.47. The van der Waals surface area contributed by atoms with E-state index in [0.717, 1.165) is 18.7 Å². The van der Waals surface area contributed by atoms with Gasteiger partial charge in [-0.3, -0.25) is 4.79 Å². The van der Waals surface area contributed by atoms with E-state index >= 15 is 0 Å². The number of hydrogen-bond acceptors (Lipinski definition) is 2.